The molecule has 2 aromatic carbocycles. The fourth-order valence-corrected chi connectivity index (χ4v) is 10.3. The number of nitrogens with one attached hydrogen (secondary N) is 2. The molecule has 4 N–H and O–H groups in total. The monoisotopic (exact) mass is 898 g/mol. The van der Waals surface area contributed by atoms with Gasteiger partial charge in [-0.2, -0.15) is 0 Å². The molecular formula is C51H62N8O7. The Morgan fingerprint density at radius 1 is 1.05 bits per heavy atom. The third-order valence-electron chi connectivity index (χ3n) is 13.8. The number of nitrogens with two attached hydrogens (primary N) is 1. The minimum Gasteiger partial charge on any atom is -0.464 e. The number of aromatic nitrogens is 2. The third kappa shape index (κ3) is 8.94. The van der Waals surface area contributed by atoms with Gasteiger partial charge in [-0.05, 0) is 91.0 Å². The number of ether oxygens (including phenoxy) is 2. The lowest BCUT2D eigenvalue weighted by atomic mass is 9.78. The molecule has 0 saturated carbocycles. The Morgan fingerprint density at radius 2 is 1.82 bits per heavy atom. The third-order valence-corrected chi connectivity index (χ3v) is 13.8. The van der Waals surface area contributed by atoms with Gasteiger partial charge < -0.3 is 34.9 Å². The summed E-state index contributed by atoms with van der Waals surface area (Å²) in [5.74, 6) is 2.95. The summed E-state index contributed by atoms with van der Waals surface area (Å²) in [4.78, 5) is 77.8. The molecule has 8 rings (SSSR count). The summed E-state index contributed by atoms with van der Waals surface area (Å²) in [5, 5.41) is 5.58. The normalized spacial score (nSPS) is 21.5. The maximum Gasteiger partial charge on any atom is 0.324 e. The van der Waals surface area contributed by atoms with E-state index >= 15 is 0 Å². The number of fused-ring (bicyclic) bond motifs is 6. The molecule has 3 fully saturated rings. The van der Waals surface area contributed by atoms with Gasteiger partial charge in [0.15, 0.2) is 0 Å². The fourth-order valence-electron chi connectivity index (χ4n) is 10.3. The Labute approximate surface area is 386 Å². The van der Waals surface area contributed by atoms with E-state index < -0.39 is 46.7 Å². The van der Waals surface area contributed by atoms with Gasteiger partial charge >= 0.3 is 5.97 Å². The number of hydrazine groups is 1. The van der Waals surface area contributed by atoms with Crippen molar-refractivity contribution in [3.8, 4) is 34.2 Å². The molecule has 4 atom stereocenters. The van der Waals surface area contributed by atoms with Gasteiger partial charge in [-0.15, -0.1) is 0 Å². The number of rotatable bonds is 7. The molecule has 15 nitrogen and oxygen atoms in total. The molecule has 6 heterocycles. The van der Waals surface area contributed by atoms with Gasteiger partial charge in [-0.25, -0.2) is 5.43 Å². The summed E-state index contributed by atoms with van der Waals surface area (Å²) in [7, 11) is 3.75. The largest absolute Gasteiger partial charge is 0.464 e. The van der Waals surface area contributed by atoms with E-state index in [1.54, 1.807) is 18.2 Å². The molecule has 4 amide bonds. The highest BCUT2D eigenvalue weighted by Gasteiger charge is 2.58. The topological polar surface area (TPSA) is 181 Å². The lowest BCUT2D eigenvalue weighted by Gasteiger charge is -2.46. The Balaban J connectivity index is 1.15. The zero-order valence-electron chi connectivity index (χ0n) is 39.1. The number of nitrogens with zero attached hydrogens (tertiary/aromatic N) is 5. The van der Waals surface area contributed by atoms with Crippen LogP contribution in [0.4, 0.5) is 0 Å². The van der Waals surface area contributed by atoms with Crippen LogP contribution in [-0.4, -0.2) is 119 Å². The number of hydrogen-bond donors (Lipinski definition) is 3. The molecule has 0 aliphatic carbocycles. The smallest absolute Gasteiger partial charge is 0.324 e. The Kier molecular flexibility index (Phi) is 13.1. The van der Waals surface area contributed by atoms with E-state index in [1.165, 1.54) is 9.91 Å². The average Bonchev–Trinajstić information content (AvgIpc) is 3.77. The first-order valence-electron chi connectivity index (χ1n) is 23.1. The number of methoxy groups -OCH3 is 1. The fraction of sp³-hybridized carbons (Fsp3) is 0.490. The summed E-state index contributed by atoms with van der Waals surface area (Å²) in [6.45, 7) is 11.3. The van der Waals surface area contributed by atoms with Gasteiger partial charge in [0.1, 0.15) is 18.1 Å². The SMILES string of the molecule is CO[C@@H](C)c1ncccc1-c1c2c3cc(ccc3n1C)-c1cccc(c1)C[C@H](NC(=O)[C@H](C(C)C)N1CCC3(CN(C(=O)C#CCN)C3)C1=O)C(=O)N1CCC[C@H](N1)C(=O)OCC(C)(C)C2. The number of likely N-dealkylation sites (tertiary alicyclic amines) is 2. The minimum absolute atomic E-state index is 0.0628. The molecular weight excluding hydrogens is 837 g/mol. The molecule has 0 radical (unpaired) electrons. The maximum atomic E-state index is 14.7. The Morgan fingerprint density at radius 3 is 2.56 bits per heavy atom. The number of pyridine rings is 1. The molecule has 348 valence electrons. The van der Waals surface area contributed by atoms with E-state index in [1.807, 2.05) is 45.0 Å². The van der Waals surface area contributed by atoms with Crippen molar-refractivity contribution in [2.24, 2.45) is 29.5 Å². The second-order valence-corrected chi connectivity index (χ2v) is 19.5. The standard InChI is InChI=1S/C51H62N8O7/c1-31(2)44(58-23-19-51(49(58)64)28-57(29-51)42(60)16-9-20-52)46(61)54-40-25-33-12-8-13-34(24-33)35-17-18-41-37(26-35)38(45(56(41)6)36-14-10-21-53-43(36)32(3)65-7)27-50(4,5)30-66-48(63)39-15-11-22-59(55-39)47(40)62/h8,10,12-14,17-18,21,24,26,31-32,39-40,44,55H,11,15,19-20,22-23,25,27-30,52H2,1-7H3,(H,54,61)/t32-,39-,40-,44-/m0/s1. The van der Waals surface area contributed by atoms with E-state index in [4.69, 9.17) is 20.2 Å². The van der Waals surface area contributed by atoms with Gasteiger partial charge in [0.2, 0.25) is 11.8 Å². The van der Waals surface area contributed by atoms with Crippen LogP contribution in [0.15, 0.2) is 60.8 Å². The van der Waals surface area contributed by atoms with Crippen molar-refractivity contribution >= 4 is 40.5 Å². The first-order valence-corrected chi connectivity index (χ1v) is 23.1. The average molecular weight is 899 g/mol. The van der Waals surface area contributed by atoms with Crippen molar-refractivity contribution in [1.82, 2.24) is 35.1 Å². The highest BCUT2D eigenvalue weighted by Crippen LogP contribution is 2.43. The van der Waals surface area contributed by atoms with Crippen LogP contribution in [0.2, 0.25) is 0 Å². The Hall–Kier alpha value is -6.08. The van der Waals surface area contributed by atoms with Gasteiger partial charge in [0.25, 0.3) is 11.8 Å². The van der Waals surface area contributed by atoms with Crippen LogP contribution in [0.25, 0.3) is 33.3 Å². The van der Waals surface area contributed by atoms with E-state index in [0.29, 0.717) is 38.8 Å². The first-order chi connectivity index (χ1) is 31.5. The number of carbonyl (C=O) groups excluding carboxylic acids is 5. The predicted molar refractivity (Wildman–Crippen MR) is 250 cm³/mol. The van der Waals surface area contributed by atoms with Crippen molar-refractivity contribution in [3.63, 3.8) is 0 Å². The number of benzene rings is 2. The zero-order chi connectivity index (χ0) is 47.1. The van der Waals surface area contributed by atoms with Gasteiger partial charge in [-0.3, -0.25) is 34.0 Å². The second-order valence-electron chi connectivity index (χ2n) is 19.5. The van der Waals surface area contributed by atoms with Crippen molar-refractivity contribution in [3.05, 3.63) is 77.6 Å². The molecule has 1 spiro atoms. The number of amides is 4. The second kappa shape index (κ2) is 18.7. The van der Waals surface area contributed by atoms with E-state index in [2.05, 4.69) is 78.4 Å². The lowest BCUT2D eigenvalue weighted by molar-refractivity contribution is -0.155. The molecule has 6 bridgehead atoms. The number of hydrogen-bond acceptors (Lipinski definition) is 10. The molecule has 66 heavy (non-hydrogen) atoms. The Bertz CT molecular complexity index is 2620. The maximum absolute atomic E-state index is 14.7. The van der Waals surface area contributed by atoms with Crippen LogP contribution in [-0.2, 0) is 53.3 Å². The zero-order valence-corrected chi connectivity index (χ0v) is 39.1. The van der Waals surface area contributed by atoms with Crippen LogP contribution in [0.3, 0.4) is 0 Å². The highest BCUT2D eigenvalue weighted by molar-refractivity contribution is 5.99. The summed E-state index contributed by atoms with van der Waals surface area (Å²) in [6, 6.07) is 15.8. The van der Waals surface area contributed by atoms with Crippen LogP contribution < -0.4 is 16.5 Å². The van der Waals surface area contributed by atoms with Gasteiger partial charge in [-0.1, -0.05) is 63.9 Å². The quantitative estimate of drug-likeness (QED) is 0.179. The van der Waals surface area contributed by atoms with Gasteiger partial charge in [0.05, 0.1) is 36.1 Å². The molecule has 15 heteroatoms. The molecule has 4 aliphatic rings. The molecule has 0 unspecified atom stereocenters. The number of esters is 1. The van der Waals surface area contributed by atoms with Crippen LogP contribution in [0.5, 0.6) is 0 Å². The summed E-state index contributed by atoms with van der Waals surface area (Å²) < 4.78 is 14.1. The number of aryl methyl sites for hydroxylation is 1. The molecule has 3 saturated heterocycles. The molecule has 2 aromatic heterocycles. The van der Waals surface area contributed by atoms with Gasteiger partial charge in [0, 0.05) is 74.8 Å². The van der Waals surface area contributed by atoms with Crippen molar-refractivity contribution in [1.29, 1.82) is 0 Å². The van der Waals surface area contributed by atoms with Crippen molar-refractivity contribution in [2.75, 3.05) is 46.4 Å². The van der Waals surface area contributed by atoms with Crippen LogP contribution >= 0.6 is 0 Å². The number of carbonyl (C=O) groups is 5. The van der Waals surface area contributed by atoms with Crippen LogP contribution in [0.1, 0.15) is 76.8 Å². The first kappa shape index (κ1) is 46.4. The lowest BCUT2D eigenvalue weighted by Crippen LogP contribution is -2.64. The van der Waals surface area contributed by atoms with E-state index in [9.17, 15) is 24.0 Å². The van der Waals surface area contributed by atoms with Crippen molar-refractivity contribution in [2.45, 2.75) is 91.0 Å². The minimum atomic E-state index is -1.05. The predicted octanol–water partition coefficient (Wildman–Crippen LogP) is 4.31. The highest BCUT2D eigenvalue weighted by atomic mass is 16.5. The molecule has 4 aromatic rings. The molecule has 4 aliphatic heterocycles. The summed E-state index contributed by atoms with van der Waals surface area (Å²) in [5.41, 5.74) is 15.0. The number of cyclic esters (lactones) is 1. The summed E-state index contributed by atoms with van der Waals surface area (Å²) >= 11 is 0. The summed E-state index contributed by atoms with van der Waals surface area (Å²) in [6.07, 6.45) is 3.76. The van der Waals surface area contributed by atoms with Crippen LogP contribution in [0, 0.1) is 28.6 Å². The van der Waals surface area contributed by atoms with E-state index in [0.717, 1.165) is 50.1 Å². The van der Waals surface area contributed by atoms with E-state index in [-0.39, 0.29) is 56.5 Å². The van der Waals surface area contributed by atoms with Crippen molar-refractivity contribution < 1.29 is 33.4 Å².